The number of phenolic OH excluding ortho intramolecular Hbond substituents is 1. The number of aliphatic hydroxyl groups excluding tert-OH is 1. The van der Waals surface area contributed by atoms with Crippen molar-refractivity contribution in [3.63, 3.8) is 0 Å². The first-order valence-electron chi connectivity index (χ1n) is 7.78. The van der Waals surface area contributed by atoms with Gasteiger partial charge in [-0.25, -0.2) is 0 Å². The van der Waals surface area contributed by atoms with E-state index in [0.29, 0.717) is 24.3 Å². The lowest BCUT2D eigenvalue weighted by Crippen LogP contribution is -2.23. The van der Waals surface area contributed by atoms with Crippen LogP contribution in [0.1, 0.15) is 16.7 Å². The fraction of sp³-hybridized carbons (Fsp3) is 0.211. The second-order valence-electron chi connectivity index (χ2n) is 5.43. The highest BCUT2D eigenvalue weighted by atomic mass is 16.5. The van der Waals surface area contributed by atoms with Gasteiger partial charge in [0.2, 0.25) is 5.91 Å². The first-order chi connectivity index (χ1) is 12.0. The molecule has 0 spiro atoms. The molecule has 0 saturated carbocycles. The van der Waals surface area contributed by atoms with Crippen molar-refractivity contribution in [3.8, 4) is 17.2 Å². The van der Waals surface area contributed by atoms with Gasteiger partial charge in [-0.1, -0.05) is 12.1 Å². The number of phenols is 2. The molecule has 0 aromatic heterocycles. The Labute approximate surface area is 146 Å². The van der Waals surface area contributed by atoms with Crippen LogP contribution >= 0.6 is 0 Å². The maximum atomic E-state index is 11.8. The van der Waals surface area contributed by atoms with Crippen LogP contribution in [0.15, 0.2) is 42.5 Å². The number of hydrogen-bond donors (Lipinski definition) is 4. The van der Waals surface area contributed by atoms with Crippen molar-refractivity contribution in [3.05, 3.63) is 59.2 Å². The van der Waals surface area contributed by atoms with Crippen LogP contribution in [0.4, 0.5) is 0 Å². The normalized spacial score (nSPS) is 10.8. The minimum absolute atomic E-state index is 0.0419. The van der Waals surface area contributed by atoms with E-state index in [0.717, 1.165) is 11.1 Å². The number of benzene rings is 2. The Hall–Kier alpha value is -2.99. The monoisotopic (exact) mass is 343 g/mol. The van der Waals surface area contributed by atoms with Gasteiger partial charge in [-0.15, -0.1) is 0 Å². The molecule has 2 rings (SSSR count). The number of ether oxygens (including phenoxy) is 1. The van der Waals surface area contributed by atoms with Crippen LogP contribution in [0.25, 0.3) is 6.08 Å². The van der Waals surface area contributed by atoms with Gasteiger partial charge < -0.3 is 25.4 Å². The molecule has 0 bridgehead atoms. The van der Waals surface area contributed by atoms with E-state index in [2.05, 4.69) is 5.32 Å². The molecule has 6 heteroatoms. The second-order valence-corrected chi connectivity index (χ2v) is 5.43. The zero-order chi connectivity index (χ0) is 18.2. The van der Waals surface area contributed by atoms with Crippen LogP contribution in [0, 0.1) is 0 Å². The van der Waals surface area contributed by atoms with Crippen molar-refractivity contribution in [2.75, 3.05) is 13.7 Å². The van der Waals surface area contributed by atoms with Gasteiger partial charge in [-0.2, -0.15) is 0 Å². The molecular weight excluding hydrogens is 322 g/mol. The fourth-order valence-corrected chi connectivity index (χ4v) is 2.28. The number of amides is 1. The van der Waals surface area contributed by atoms with Crippen molar-refractivity contribution >= 4 is 12.0 Å². The first-order valence-corrected chi connectivity index (χ1v) is 7.78. The van der Waals surface area contributed by atoms with E-state index < -0.39 is 0 Å². The third kappa shape index (κ3) is 5.26. The molecule has 2 aromatic carbocycles. The quantitative estimate of drug-likeness (QED) is 0.576. The van der Waals surface area contributed by atoms with E-state index in [4.69, 9.17) is 9.84 Å². The number of hydrogen-bond acceptors (Lipinski definition) is 5. The number of aliphatic hydroxyl groups is 1. The van der Waals surface area contributed by atoms with Crippen molar-refractivity contribution in [2.45, 2.75) is 13.0 Å². The van der Waals surface area contributed by atoms with E-state index in [1.165, 1.54) is 25.3 Å². The molecule has 25 heavy (non-hydrogen) atoms. The van der Waals surface area contributed by atoms with Crippen molar-refractivity contribution in [2.24, 2.45) is 0 Å². The summed E-state index contributed by atoms with van der Waals surface area (Å²) >= 11 is 0. The molecular formula is C19H21NO5. The Morgan fingerprint density at radius 1 is 1.16 bits per heavy atom. The minimum atomic E-state index is -0.242. The Balaban J connectivity index is 1.86. The second kappa shape index (κ2) is 8.75. The third-order valence-corrected chi connectivity index (χ3v) is 3.66. The highest BCUT2D eigenvalue weighted by Gasteiger charge is 2.03. The maximum Gasteiger partial charge on any atom is 0.244 e. The van der Waals surface area contributed by atoms with E-state index in [1.54, 1.807) is 30.3 Å². The lowest BCUT2D eigenvalue weighted by Gasteiger charge is -2.06. The number of aromatic hydroxyl groups is 2. The molecule has 0 heterocycles. The van der Waals surface area contributed by atoms with Crippen LogP contribution in [0.2, 0.25) is 0 Å². The Kier molecular flexibility index (Phi) is 6.42. The zero-order valence-electron chi connectivity index (χ0n) is 13.9. The summed E-state index contributed by atoms with van der Waals surface area (Å²) in [7, 11) is 1.46. The topological polar surface area (TPSA) is 99.0 Å². The largest absolute Gasteiger partial charge is 0.508 e. The molecule has 0 saturated heterocycles. The number of carbonyl (C=O) groups is 1. The highest BCUT2D eigenvalue weighted by molar-refractivity contribution is 5.91. The molecule has 2 aromatic rings. The average Bonchev–Trinajstić information content (AvgIpc) is 2.62. The van der Waals surface area contributed by atoms with Crippen LogP contribution in [0.3, 0.4) is 0 Å². The molecule has 0 atom stereocenters. The molecule has 0 unspecified atom stereocenters. The molecule has 132 valence electrons. The van der Waals surface area contributed by atoms with Crippen LogP contribution < -0.4 is 10.1 Å². The lowest BCUT2D eigenvalue weighted by molar-refractivity contribution is -0.116. The van der Waals surface area contributed by atoms with Crippen molar-refractivity contribution < 1.29 is 24.9 Å². The lowest BCUT2D eigenvalue weighted by atomic mass is 10.1. The summed E-state index contributed by atoms with van der Waals surface area (Å²) in [5.41, 5.74) is 2.11. The third-order valence-electron chi connectivity index (χ3n) is 3.66. The molecule has 0 aliphatic rings. The Bertz CT molecular complexity index is 770. The molecule has 1 amide bonds. The molecule has 0 fully saturated rings. The zero-order valence-corrected chi connectivity index (χ0v) is 13.9. The van der Waals surface area contributed by atoms with Crippen molar-refractivity contribution in [1.29, 1.82) is 0 Å². The van der Waals surface area contributed by atoms with Crippen LogP contribution in [-0.4, -0.2) is 34.9 Å². The van der Waals surface area contributed by atoms with Gasteiger partial charge >= 0.3 is 0 Å². The Morgan fingerprint density at radius 3 is 2.64 bits per heavy atom. The predicted octanol–water partition coefficient (Wildman–Crippen LogP) is 1.97. The number of carbonyl (C=O) groups excluding carboxylic acids is 1. The molecule has 4 N–H and O–H groups in total. The molecule has 0 aliphatic heterocycles. The SMILES string of the molecule is COc1cc(/C=C/C(=O)NCCc2ccc(O)c(CO)c2)ccc1O. The van der Waals surface area contributed by atoms with Gasteiger partial charge in [0.15, 0.2) is 11.5 Å². The van der Waals surface area contributed by atoms with Gasteiger partial charge in [0.25, 0.3) is 0 Å². The summed E-state index contributed by atoms with van der Waals surface area (Å²) in [5, 5.41) is 30.9. The number of nitrogens with one attached hydrogen (secondary N) is 1. The summed E-state index contributed by atoms with van der Waals surface area (Å²) in [6, 6.07) is 9.79. The van der Waals surface area contributed by atoms with E-state index in [9.17, 15) is 15.0 Å². The summed E-state index contributed by atoms with van der Waals surface area (Å²) in [4.78, 5) is 11.8. The number of rotatable bonds is 7. The maximum absolute atomic E-state index is 11.8. The smallest absolute Gasteiger partial charge is 0.244 e. The van der Waals surface area contributed by atoms with Gasteiger partial charge in [0, 0.05) is 18.2 Å². The van der Waals surface area contributed by atoms with Crippen LogP contribution in [-0.2, 0) is 17.8 Å². The van der Waals surface area contributed by atoms with Crippen LogP contribution in [0.5, 0.6) is 17.2 Å². The average molecular weight is 343 g/mol. The van der Waals surface area contributed by atoms with E-state index in [-0.39, 0.29) is 24.0 Å². The minimum Gasteiger partial charge on any atom is -0.508 e. The highest BCUT2D eigenvalue weighted by Crippen LogP contribution is 2.26. The van der Waals surface area contributed by atoms with Gasteiger partial charge in [-0.05, 0) is 47.9 Å². The summed E-state index contributed by atoms with van der Waals surface area (Å²) in [6.45, 7) is 0.197. The van der Waals surface area contributed by atoms with Crippen molar-refractivity contribution in [1.82, 2.24) is 5.32 Å². The number of methoxy groups -OCH3 is 1. The molecule has 0 aliphatic carbocycles. The van der Waals surface area contributed by atoms with E-state index in [1.807, 2.05) is 0 Å². The van der Waals surface area contributed by atoms with Gasteiger partial charge in [0.05, 0.1) is 13.7 Å². The standard InChI is InChI=1S/C19H21NO5/c1-25-18-11-13(3-6-17(18)23)4-7-19(24)20-9-8-14-2-5-16(22)15(10-14)12-21/h2-7,10-11,21-23H,8-9,12H2,1H3,(H,20,24)/b7-4+. The fourth-order valence-electron chi connectivity index (χ4n) is 2.28. The van der Waals surface area contributed by atoms with E-state index >= 15 is 0 Å². The van der Waals surface area contributed by atoms with Gasteiger partial charge in [0.1, 0.15) is 5.75 Å². The molecule has 0 radical (unpaired) electrons. The summed E-state index contributed by atoms with van der Waals surface area (Å²) < 4.78 is 5.01. The molecule has 6 nitrogen and oxygen atoms in total. The van der Waals surface area contributed by atoms with Gasteiger partial charge in [-0.3, -0.25) is 4.79 Å². The summed E-state index contributed by atoms with van der Waals surface area (Å²) in [6.07, 6.45) is 3.61. The summed E-state index contributed by atoms with van der Waals surface area (Å²) in [5.74, 6) is 0.200. The first kappa shape index (κ1) is 18.4. The predicted molar refractivity (Wildman–Crippen MR) is 94.4 cm³/mol. The Morgan fingerprint density at radius 2 is 1.92 bits per heavy atom.